The number of aliphatic hydroxyl groups is 1. The predicted octanol–water partition coefficient (Wildman–Crippen LogP) is 3.26. The molecule has 1 aliphatic rings. The average molecular weight is 261 g/mol. The van der Waals surface area contributed by atoms with E-state index in [0.29, 0.717) is 6.42 Å². The second-order valence-electron chi connectivity index (χ2n) is 4.51. The molecule has 0 bridgehead atoms. The third-order valence-electron chi connectivity index (χ3n) is 3.37. The van der Waals surface area contributed by atoms with E-state index in [4.69, 9.17) is 16.3 Å². The summed E-state index contributed by atoms with van der Waals surface area (Å²) in [6.07, 6.45) is 4.46. The number of hydrogen-bond acceptors (Lipinski definition) is 3. The highest BCUT2D eigenvalue weighted by atomic mass is 35.5. The van der Waals surface area contributed by atoms with Crippen LogP contribution in [-0.2, 0) is 11.2 Å². The molecule has 0 amide bonds. The van der Waals surface area contributed by atoms with Crippen molar-refractivity contribution in [1.29, 1.82) is 0 Å². The normalized spacial score (nSPS) is 20.4. The first kappa shape index (κ1) is 12.4. The molecule has 1 saturated carbocycles. The lowest BCUT2D eigenvalue weighted by Crippen LogP contribution is -2.42. The van der Waals surface area contributed by atoms with E-state index in [-0.39, 0.29) is 11.7 Å². The standard InChI is InChI=1S/C12H17ClO2S/c1-15-12(5-2-6-12)8-9(14)7-10-3-4-11(13)16-10/h3-4,9,14H,2,5-8H2,1H3. The van der Waals surface area contributed by atoms with Crippen LogP contribution in [0.25, 0.3) is 0 Å². The summed E-state index contributed by atoms with van der Waals surface area (Å²) in [5.41, 5.74) is -0.0551. The van der Waals surface area contributed by atoms with Crippen LogP contribution < -0.4 is 0 Å². The third kappa shape index (κ3) is 2.77. The van der Waals surface area contributed by atoms with Gasteiger partial charge in [0, 0.05) is 24.8 Å². The van der Waals surface area contributed by atoms with Gasteiger partial charge in [0.05, 0.1) is 16.0 Å². The van der Waals surface area contributed by atoms with Crippen molar-refractivity contribution < 1.29 is 9.84 Å². The molecule has 1 N–H and O–H groups in total. The smallest absolute Gasteiger partial charge is 0.0931 e. The van der Waals surface area contributed by atoms with Crippen LogP contribution >= 0.6 is 22.9 Å². The highest BCUT2D eigenvalue weighted by Gasteiger charge is 2.38. The van der Waals surface area contributed by atoms with E-state index >= 15 is 0 Å². The maximum atomic E-state index is 10.0. The Bertz CT molecular complexity index is 341. The molecule has 1 aromatic rings. The van der Waals surface area contributed by atoms with Crippen LogP contribution in [0.3, 0.4) is 0 Å². The minimum absolute atomic E-state index is 0.0551. The van der Waals surface area contributed by atoms with Gasteiger partial charge in [0.1, 0.15) is 0 Å². The molecular weight excluding hydrogens is 244 g/mol. The summed E-state index contributed by atoms with van der Waals surface area (Å²) in [5, 5.41) is 10.0. The third-order valence-corrected chi connectivity index (χ3v) is 4.62. The lowest BCUT2D eigenvalue weighted by Gasteiger charge is -2.41. The lowest BCUT2D eigenvalue weighted by molar-refractivity contribution is -0.0988. The molecule has 1 aliphatic carbocycles. The summed E-state index contributed by atoms with van der Waals surface area (Å²) in [6, 6.07) is 3.86. The van der Waals surface area contributed by atoms with Gasteiger partial charge >= 0.3 is 0 Å². The molecule has 0 aromatic carbocycles. The molecule has 0 aliphatic heterocycles. The summed E-state index contributed by atoms with van der Waals surface area (Å²) >= 11 is 7.39. The van der Waals surface area contributed by atoms with E-state index in [1.54, 1.807) is 7.11 Å². The van der Waals surface area contributed by atoms with E-state index in [2.05, 4.69) is 0 Å². The van der Waals surface area contributed by atoms with Crippen molar-refractivity contribution in [3.63, 3.8) is 0 Å². The molecule has 90 valence electrons. The summed E-state index contributed by atoms with van der Waals surface area (Å²) in [6.45, 7) is 0. The largest absolute Gasteiger partial charge is 0.393 e. The van der Waals surface area contributed by atoms with Gasteiger partial charge in [-0.3, -0.25) is 0 Å². The highest BCUT2D eigenvalue weighted by Crippen LogP contribution is 2.39. The first-order valence-corrected chi connectivity index (χ1v) is 6.80. The molecule has 0 saturated heterocycles. The topological polar surface area (TPSA) is 29.5 Å². The van der Waals surface area contributed by atoms with Crippen LogP contribution in [0.2, 0.25) is 4.34 Å². The molecule has 1 atom stereocenters. The van der Waals surface area contributed by atoms with Crippen molar-refractivity contribution in [2.24, 2.45) is 0 Å². The van der Waals surface area contributed by atoms with Gasteiger partial charge in [-0.2, -0.15) is 0 Å². The van der Waals surface area contributed by atoms with Crippen LogP contribution in [0.4, 0.5) is 0 Å². The number of aliphatic hydroxyl groups excluding tert-OH is 1. The van der Waals surface area contributed by atoms with Gasteiger partial charge in [-0.05, 0) is 31.4 Å². The molecule has 1 aromatic heterocycles. The number of thiophene rings is 1. The summed E-state index contributed by atoms with van der Waals surface area (Å²) < 4.78 is 6.29. The second kappa shape index (κ2) is 5.05. The zero-order chi connectivity index (χ0) is 11.6. The fourth-order valence-corrected chi connectivity index (χ4v) is 3.42. The molecule has 2 nitrogen and oxygen atoms in total. The maximum absolute atomic E-state index is 10.0. The number of hydrogen-bond donors (Lipinski definition) is 1. The Labute approximate surface area is 105 Å². The first-order valence-electron chi connectivity index (χ1n) is 5.61. The average Bonchev–Trinajstić information content (AvgIpc) is 2.57. The van der Waals surface area contributed by atoms with E-state index in [1.807, 2.05) is 12.1 Å². The molecule has 4 heteroatoms. The number of rotatable bonds is 5. The number of methoxy groups -OCH3 is 1. The van der Waals surface area contributed by atoms with Crippen LogP contribution in [0.5, 0.6) is 0 Å². The Kier molecular flexibility index (Phi) is 3.90. The van der Waals surface area contributed by atoms with E-state index in [0.717, 1.165) is 28.5 Å². The Balaban J connectivity index is 1.86. The van der Waals surface area contributed by atoms with Crippen LogP contribution in [0, 0.1) is 0 Å². The highest BCUT2D eigenvalue weighted by molar-refractivity contribution is 7.16. The van der Waals surface area contributed by atoms with E-state index in [9.17, 15) is 5.11 Å². The minimum atomic E-state index is -0.324. The molecule has 2 rings (SSSR count). The van der Waals surface area contributed by atoms with Crippen LogP contribution in [0.1, 0.15) is 30.6 Å². The van der Waals surface area contributed by atoms with Crippen molar-refractivity contribution in [3.8, 4) is 0 Å². The first-order chi connectivity index (χ1) is 7.63. The Morgan fingerprint density at radius 2 is 2.31 bits per heavy atom. The van der Waals surface area contributed by atoms with Crippen molar-refractivity contribution in [1.82, 2.24) is 0 Å². The molecule has 1 heterocycles. The van der Waals surface area contributed by atoms with Gasteiger partial charge in [-0.1, -0.05) is 11.6 Å². The van der Waals surface area contributed by atoms with Gasteiger partial charge in [0.2, 0.25) is 0 Å². The quantitative estimate of drug-likeness (QED) is 0.881. The molecule has 1 fully saturated rings. The predicted molar refractivity (Wildman–Crippen MR) is 67.2 cm³/mol. The fourth-order valence-electron chi connectivity index (χ4n) is 2.26. The van der Waals surface area contributed by atoms with E-state index in [1.165, 1.54) is 17.8 Å². The van der Waals surface area contributed by atoms with Gasteiger partial charge in [-0.15, -0.1) is 11.3 Å². The summed E-state index contributed by atoms with van der Waals surface area (Å²) in [4.78, 5) is 1.14. The SMILES string of the molecule is COC1(CC(O)Cc2ccc(Cl)s2)CCC1. The fraction of sp³-hybridized carbons (Fsp3) is 0.667. The summed E-state index contributed by atoms with van der Waals surface area (Å²) in [7, 11) is 1.74. The molecule has 16 heavy (non-hydrogen) atoms. The minimum Gasteiger partial charge on any atom is -0.393 e. The van der Waals surface area contributed by atoms with E-state index < -0.39 is 0 Å². The zero-order valence-electron chi connectivity index (χ0n) is 9.41. The van der Waals surface area contributed by atoms with Gasteiger partial charge in [0.15, 0.2) is 0 Å². The second-order valence-corrected chi connectivity index (χ2v) is 6.31. The zero-order valence-corrected chi connectivity index (χ0v) is 11.0. The van der Waals surface area contributed by atoms with Crippen molar-refractivity contribution in [2.45, 2.75) is 43.8 Å². The molecular formula is C12H17ClO2S. The molecule has 0 radical (unpaired) electrons. The Morgan fingerprint density at radius 1 is 1.56 bits per heavy atom. The maximum Gasteiger partial charge on any atom is 0.0931 e. The van der Waals surface area contributed by atoms with Crippen molar-refractivity contribution >= 4 is 22.9 Å². The Morgan fingerprint density at radius 3 is 2.75 bits per heavy atom. The lowest BCUT2D eigenvalue weighted by atomic mass is 9.76. The Hall–Kier alpha value is -0.0900. The van der Waals surface area contributed by atoms with Crippen LogP contribution in [0.15, 0.2) is 12.1 Å². The molecule has 1 unspecified atom stereocenters. The van der Waals surface area contributed by atoms with Gasteiger partial charge in [0.25, 0.3) is 0 Å². The number of halogens is 1. The molecule has 0 spiro atoms. The van der Waals surface area contributed by atoms with Crippen LogP contribution in [-0.4, -0.2) is 23.9 Å². The summed E-state index contributed by atoms with van der Waals surface area (Å²) in [5.74, 6) is 0. The monoisotopic (exact) mass is 260 g/mol. The van der Waals surface area contributed by atoms with Crippen molar-refractivity contribution in [3.05, 3.63) is 21.3 Å². The van der Waals surface area contributed by atoms with Gasteiger partial charge < -0.3 is 9.84 Å². The number of ether oxygens (including phenoxy) is 1. The van der Waals surface area contributed by atoms with Gasteiger partial charge in [-0.25, -0.2) is 0 Å². The van der Waals surface area contributed by atoms with Crippen molar-refractivity contribution in [2.75, 3.05) is 7.11 Å².